The Kier molecular flexibility index (Phi) is 3.49. The van der Waals surface area contributed by atoms with Crippen molar-refractivity contribution in [2.45, 2.75) is 38.8 Å². The molecular formula is C18H21NO. The lowest BCUT2D eigenvalue weighted by atomic mass is 10.0. The summed E-state index contributed by atoms with van der Waals surface area (Å²) in [6.07, 6.45) is 2.02. The lowest BCUT2D eigenvalue weighted by molar-refractivity contribution is 0.464. The standard InChI is InChI=1S/C18H21NO/c1-12-6-3-4-7-14(12)13(2)19-17-11-10-16-15(17)8-5-9-18(16)20/h3-9,13,17,19-20H,10-11H2,1-2H3/t13-,17?/m1/s1. The summed E-state index contributed by atoms with van der Waals surface area (Å²) in [5.74, 6) is 0.440. The topological polar surface area (TPSA) is 32.3 Å². The van der Waals surface area contributed by atoms with E-state index in [1.54, 1.807) is 6.07 Å². The second-order valence-corrected chi connectivity index (χ2v) is 5.68. The van der Waals surface area contributed by atoms with Crippen LogP contribution in [0.2, 0.25) is 0 Å². The molecule has 104 valence electrons. The molecule has 0 amide bonds. The Balaban J connectivity index is 1.81. The van der Waals surface area contributed by atoms with Crippen molar-refractivity contribution in [3.63, 3.8) is 0 Å². The van der Waals surface area contributed by atoms with Crippen molar-refractivity contribution < 1.29 is 5.11 Å². The van der Waals surface area contributed by atoms with Gasteiger partial charge in [-0.05, 0) is 55.0 Å². The summed E-state index contributed by atoms with van der Waals surface area (Å²) in [7, 11) is 0. The number of hydrogen-bond donors (Lipinski definition) is 2. The molecule has 1 aliphatic rings. The van der Waals surface area contributed by atoms with Crippen molar-refractivity contribution in [2.24, 2.45) is 0 Å². The van der Waals surface area contributed by atoms with Crippen molar-refractivity contribution in [1.29, 1.82) is 0 Å². The molecule has 0 saturated carbocycles. The number of aromatic hydroxyl groups is 1. The quantitative estimate of drug-likeness (QED) is 0.879. The number of fused-ring (bicyclic) bond motifs is 1. The summed E-state index contributed by atoms with van der Waals surface area (Å²) in [6, 6.07) is 15.0. The average Bonchev–Trinajstić information content (AvgIpc) is 2.84. The molecule has 0 heterocycles. The maximum Gasteiger partial charge on any atom is 0.119 e. The van der Waals surface area contributed by atoms with Gasteiger partial charge >= 0.3 is 0 Å². The van der Waals surface area contributed by atoms with E-state index in [2.05, 4.69) is 49.5 Å². The number of rotatable bonds is 3. The Morgan fingerprint density at radius 3 is 2.75 bits per heavy atom. The Bertz CT molecular complexity index is 621. The van der Waals surface area contributed by atoms with Crippen molar-refractivity contribution >= 4 is 0 Å². The normalized spacial score (nSPS) is 18.8. The molecule has 1 aliphatic carbocycles. The molecule has 2 aromatic rings. The van der Waals surface area contributed by atoms with E-state index in [0.717, 1.165) is 18.4 Å². The van der Waals surface area contributed by atoms with Gasteiger partial charge < -0.3 is 10.4 Å². The van der Waals surface area contributed by atoms with Gasteiger partial charge in [-0.25, -0.2) is 0 Å². The monoisotopic (exact) mass is 267 g/mol. The zero-order chi connectivity index (χ0) is 14.1. The number of phenols is 1. The largest absolute Gasteiger partial charge is 0.508 e. The first kappa shape index (κ1) is 13.2. The lowest BCUT2D eigenvalue weighted by Crippen LogP contribution is -2.23. The highest BCUT2D eigenvalue weighted by molar-refractivity contribution is 5.44. The van der Waals surface area contributed by atoms with E-state index in [-0.39, 0.29) is 0 Å². The lowest BCUT2D eigenvalue weighted by Gasteiger charge is -2.22. The molecule has 0 spiro atoms. The fourth-order valence-electron chi connectivity index (χ4n) is 3.27. The predicted molar refractivity (Wildman–Crippen MR) is 81.9 cm³/mol. The zero-order valence-electron chi connectivity index (χ0n) is 12.1. The van der Waals surface area contributed by atoms with Gasteiger partial charge in [0.05, 0.1) is 0 Å². The van der Waals surface area contributed by atoms with Crippen LogP contribution in [0.4, 0.5) is 0 Å². The number of aryl methyl sites for hydroxylation is 1. The summed E-state index contributed by atoms with van der Waals surface area (Å²) >= 11 is 0. The van der Waals surface area contributed by atoms with Gasteiger partial charge in [-0.2, -0.15) is 0 Å². The number of nitrogens with one attached hydrogen (secondary N) is 1. The number of hydrogen-bond acceptors (Lipinski definition) is 2. The van der Waals surface area contributed by atoms with Crippen LogP contribution in [-0.4, -0.2) is 5.11 Å². The van der Waals surface area contributed by atoms with E-state index in [9.17, 15) is 5.11 Å². The smallest absolute Gasteiger partial charge is 0.119 e. The highest BCUT2D eigenvalue weighted by Gasteiger charge is 2.25. The summed E-state index contributed by atoms with van der Waals surface area (Å²) in [6.45, 7) is 4.37. The Morgan fingerprint density at radius 1 is 1.15 bits per heavy atom. The molecule has 0 saturated heterocycles. The van der Waals surface area contributed by atoms with Crippen LogP contribution in [0.15, 0.2) is 42.5 Å². The molecule has 2 N–H and O–H groups in total. The van der Waals surface area contributed by atoms with Crippen molar-refractivity contribution in [2.75, 3.05) is 0 Å². The van der Waals surface area contributed by atoms with E-state index in [1.165, 1.54) is 16.7 Å². The predicted octanol–water partition coefficient (Wildman–Crippen LogP) is 4.04. The third kappa shape index (κ3) is 2.32. The van der Waals surface area contributed by atoms with E-state index >= 15 is 0 Å². The molecule has 3 rings (SSSR count). The first-order chi connectivity index (χ1) is 9.66. The van der Waals surface area contributed by atoms with Gasteiger partial charge in [0, 0.05) is 12.1 Å². The second kappa shape index (κ2) is 5.29. The summed E-state index contributed by atoms with van der Waals surface area (Å²) in [5, 5.41) is 13.6. The zero-order valence-corrected chi connectivity index (χ0v) is 12.1. The van der Waals surface area contributed by atoms with Gasteiger partial charge in [-0.1, -0.05) is 36.4 Å². The minimum absolute atomic E-state index is 0.314. The molecule has 1 unspecified atom stereocenters. The third-order valence-corrected chi connectivity index (χ3v) is 4.35. The van der Waals surface area contributed by atoms with Crippen LogP contribution in [-0.2, 0) is 6.42 Å². The van der Waals surface area contributed by atoms with Crippen molar-refractivity contribution in [3.8, 4) is 5.75 Å². The minimum atomic E-state index is 0.314. The van der Waals surface area contributed by atoms with Gasteiger partial charge in [0.2, 0.25) is 0 Å². The minimum Gasteiger partial charge on any atom is -0.508 e. The van der Waals surface area contributed by atoms with E-state index < -0.39 is 0 Å². The molecule has 0 aromatic heterocycles. The van der Waals surface area contributed by atoms with E-state index in [4.69, 9.17) is 0 Å². The van der Waals surface area contributed by atoms with Crippen LogP contribution in [0, 0.1) is 6.92 Å². The van der Waals surface area contributed by atoms with Crippen LogP contribution in [0.3, 0.4) is 0 Å². The molecule has 2 atom stereocenters. The fraction of sp³-hybridized carbons (Fsp3) is 0.333. The number of benzene rings is 2. The molecule has 2 nitrogen and oxygen atoms in total. The van der Waals surface area contributed by atoms with Crippen molar-refractivity contribution in [3.05, 3.63) is 64.7 Å². The molecule has 0 bridgehead atoms. The first-order valence-electron chi connectivity index (χ1n) is 7.29. The van der Waals surface area contributed by atoms with Crippen LogP contribution >= 0.6 is 0 Å². The Hall–Kier alpha value is -1.80. The SMILES string of the molecule is Cc1ccccc1[C@@H](C)NC1CCc2c(O)cccc21. The van der Waals surface area contributed by atoms with Gasteiger partial charge in [0.1, 0.15) is 5.75 Å². The van der Waals surface area contributed by atoms with Gasteiger partial charge in [0.25, 0.3) is 0 Å². The van der Waals surface area contributed by atoms with Gasteiger partial charge in [-0.15, -0.1) is 0 Å². The summed E-state index contributed by atoms with van der Waals surface area (Å²) in [5.41, 5.74) is 5.04. The maximum atomic E-state index is 9.92. The Morgan fingerprint density at radius 2 is 1.95 bits per heavy atom. The molecule has 0 radical (unpaired) electrons. The summed E-state index contributed by atoms with van der Waals surface area (Å²) in [4.78, 5) is 0. The molecule has 0 aliphatic heterocycles. The van der Waals surface area contributed by atoms with Crippen LogP contribution in [0.25, 0.3) is 0 Å². The maximum absolute atomic E-state index is 9.92. The van der Waals surface area contributed by atoms with E-state index in [0.29, 0.717) is 17.8 Å². The van der Waals surface area contributed by atoms with Crippen molar-refractivity contribution in [1.82, 2.24) is 5.32 Å². The average molecular weight is 267 g/mol. The fourth-order valence-corrected chi connectivity index (χ4v) is 3.27. The summed E-state index contributed by atoms with van der Waals surface area (Å²) < 4.78 is 0. The number of phenolic OH excluding ortho intramolecular Hbond substituents is 1. The highest BCUT2D eigenvalue weighted by atomic mass is 16.3. The molecule has 20 heavy (non-hydrogen) atoms. The first-order valence-corrected chi connectivity index (χ1v) is 7.29. The van der Waals surface area contributed by atoms with Crippen LogP contribution in [0.1, 0.15) is 47.7 Å². The van der Waals surface area contributed by atoms with Crippen LogP contribution in [0.5, 0.6) is 5.75 Å². The van der Waals surface area contributed by atoms with E-state index in [1.807, 2.05) is 6.07 Å². The van der Waals surface area contributed by atoms with Gasteiger partial charge in [0.15, 0.2) is 0 Å². The highest BCUT2D eigenvalue weighted by Crippen LogP contribution is 2.37. The molecular weight excluding hydrogens is 246 g/mol. The second-order valence-electron chi connectivity index (χ2n) is 5.68. The molecule has 0 fully saturated rings. The third-order valence-electron chi connectivity index (χ3n) is 4.35. The Labute approximate surface area is 120 Å². The van der Waals surface area contributed by atoms with Gasteiger partial charge in [-0.3, -0.25) is 0 Å². The van der Waals surface area contributed by atoms with Crippen LogP contribution < -0.4 is 5.32 Å². The molecule has 2 aromatic carbocycles. The molecule has 2 heteroatoms.